The highest BCUT2D eigenvalue weighted by molar-refractivity contribution is 6.31. The molecule has 0 aliphatic carbocycles. The Balaban J connectivity index is 2.22. The van der Waals surface area contributed by atoms with Crippen LogP contribution in [0.1, 0.15) is 22.1 Å². The van der Waals surface area contributed by atoms with Crippen LogP contribution >= 0.6 is 11.6 Å². The van der Waals surface area contributed by atoms with Crippen LogP contribution in [0.15, 0.2) is 28.8 Å². The first-order valence-corrected chi connectivity index (χ1v) is 4.68. The van der Waals surface area contributed by atoms with Gasteiger partial charge in [0, 0.05) is 5.02 Å². The number of carbonyl (C=O) groups excluding carboxylic acids is 1. The van der Waals surface area contributed by atoms with Crippen LogP contribution in [0.3, 0.4) is 0 Å². The van der Waals surface area contributed by atoms with E-state index in [2.05, 4.69) is 10.1 Å². The van der Waals surface area contributed by atoms with Crippen molar-refractivity contribution in [2.24, 2.45) is 0 Å². The summed E-state index contributed by atoms with van der Waals surface area (Å²) < 4.78 is 4.86. The minimum atomic E-state index is 0.0528. The van der Waals surface area contributed by atoms with E-state index in [4.69, 9.17) is 16.1 Å². The van der Waals surface area contributed by atoms with Crippen LogP contribution in [0.2, 0.25) is 5.02 Å². The van der Waals surface area contributed by atoms with Gasteiger partial charge < -0.3 is 4.52 Å². The number of aromatic nitrogens is 2. The van der Waals surface area contributed by atoms with E-state index in [9.17, 15) is 4.79 Å². The van der Waals surface area contributed by atoms with Crippen molar-refractivity contribution in [2.75, 3.05) is 0 Å². The molecule has 1 aromatic carbocycles. The molecule has 0 aliphatic heterocycles. The average molecular weight is 223 g/mol. The molecule has 0 spiro atoms. The molecule has 4 nitrogen and oxygen atoms in total. The molecule has 0 saturated heterocycles. The lowest BCUT2D eigenvalue weighted by Crippen LogP contribution is -1.90. The monoisotopic (exact) mass is 222 g/mol. The minimum absolute atomic E-state index is 0.0528. The maximum Gasteiger partial charge on any atom is 0.235 e. The second kappa shape index (κ2) is 4.23. The molecule has 0 radical (unpaired) electrons. The Labute approximate surface area is 90.9 Å². The van der Waals surface area contributed by atoms with Crippen LogP contribution in [0.5, 0.6) is 0 Å². The molecule has 0 bridgehead atoms. The molecule has 0 unspecified atom stereocenters. The molecule has 2 rings (SSSR count). The van der Waals surface area contributed by atoms with Gasteiger partial charge in [-0.05, 0) is 11.6 Å². The average Bonchev–Trinajstić information content (AvgIpc) is 2.69. The fourth-order valence-corrected chi connectivity index (χ4v) is 1.39. The predicted molar refractivity (Wildman–Crippen MR) is 53.9 cm³/mol. The van der Waals surface area contributed by atoms with Crippen molar-refractivity contribution in [1.82, 2.24) is 10.1 Å². The molecule has 0 fully saturated rings. The standard InChI is InChI=1S/C10H7ClN2O2/c11-8-4-2-1-3-7(8)5-10-12-9(6-14)13-15-10/h1-4,6H,5H2. The molecule has 1 heterocycles. The van der Waals surface area contributed by atoms with Crippen molar-refractivity contribution in [3.63, 3.8) is 0 Å². The number of hydrogen-bond donors (Lipinski definition) is 0. The summed E-state index contributed by atoms with van der Waals surface area (Å²) in [6.07, 6.45) is 0.972. The zero-order valence-electron chi connectivity index (χ0n) is 7.68. The highest BCUT2D eigenvalue weighted by Crippen LogP contribution is 2.17. The lowest BCUT2D eigenvalue weighted by molar-refractivity contribution is 0.111. The van der Waals surface area contributed by atoms with Gasteiger partial charge in [0.05, 0.1) is 6.42 Å². The summed E-state index contributed by atoms with van der Waals surface area (Å²) in [5, 5.41) is 4.11. The molecule has 15 heavy (non-hydrogen) atoms. The van der Waals surface area contributed by atoms with Gasteiger partial charge in [-0.25, -0.2) is 0 Å². The Bertz CT molecular complexity index is 482. The zero-order valence-corrected chi connectivity index (χ0v) is 8.44. The molecule has 5 heteroatoms. The lowest BCUT2D eigenvalue weighted by atomic mass is 10.1. The Morgan fingerprint density at radius 3 is 2.87 bits per heavy atom. The normalized spacial score (nSPS) is 10.2. The Morgan fingerprint density at radius 1 is 1.40 bits per heavy atom. The van der Waals surface area contributed by atoms with Gasteiger partial charge in [0.25, 0.3) is 0 Å². The molecule has 0 N–H and O–H groups in total. The zero-order chi connectivity index (χ0) is 10.7. The number of rotatable bonds is 3. The van der Waals surface area contributed by atoms with Gasteiger partial charge in [0.15, 0.2) is 6.29 Å². The first kappa shape index (κ1) is 9.86. The number of halogens is 1. The van der Waals surface area contributed by atoms with E-state index in [0.717, 1.165) is 5.56 Å². The van der Waals surface area contributed by atoms with E-state index in [1.807, 2.05) is 18.2 Å². The Hall–Kier alpha value is -1.68. The van der Waals surface area contributed by atoms with Gasteiger partial charge in [-0.15, -0.1) is 0 Å². The highest BCUT2D eigenvalue weighted by atomic mass is 35.5. The van der Waals surface area contributed by atoms with Gasteiger partial charge >= 0.3 is 0 Å². The van der Waals surface area contributed by atoms with E-state index < -0.39 is 0 Å². The second-order valence-corrected chi connectivity index (χ2v) is 3.34. The third-order valence-electron chi connectivity index (χ3n) is 1.89. The van der Waals surface area contributed by atoms with Crippen LogP contribution in [0.4, 0.5) is 0 Å². The topological polar surface area (TPSA) is 56.0 Å². The molecule has 0 aliphatic rings. The maximum absolute atomic E-state index is 10.3. The van der Waals surface area contributed by atoms with Crippen LogP contribution in [-0.4, -0.2) is 16.4 Å². The molecule has 0 amide bonds. The molecule has 0 atom stereocenters. The van der Waals surface area contributed by atoms with E-state index in [1.54, 1.807) is 6.07 Å². The summed E-state index contributed by atoms with van der Waals surface area (Å²) in [5.74, 6) is 0.433. The summed E-state index contributed by atoms with van der Waals surface area (Å²) in [6, 6.07) is 7.37. The summed E-state index contributed by atoms with van der Waals surface area (Å²) in [4.78, 5) is 14.2. The van der Waals surface area contributed by atoms with Crippen LogP contribution in [0, 0.1) is 0 Å². The molecule has 0 saturated carbocycles. The summed E-state index contributed by atoms with van der Waals surface area (Å²) in [6.45, 7) is 0. The van der Waals surface area contributed by atoms with Crippen LogP contribution in [-0.2, 0) is 6.42 Å². The number of nitrogens with zero attached hydrogens (tertiary/aromatic N) is 2. The van der Waals surface area contributed by atoms with Crippen LogP contribution in [0.25, 0.3) is 0 Å². The number of hydrogen-bond acceptors (Lipinski definition) is 4. The van der Waals surface area contributed by atoms with Crippen molar-refractivity contribution in [1.29, 1.82) is 0 Å². The SMILES string of the molecule is O=Cc1noc(Cc2ccccc2Cl)n1. The Kier molecular flexibility index (Phi) is 2.78. The fraction of sp³-hybridized carbons (Fsp3) is 0.100. The van der Waals surface area contributed by atoms with E-state index in [0.29, 0.717) is 23.6 Å². The summed E-state index contributed by atoms with van der Waals surface area (Å²) in [7, 11) is 0. The van der Waals surface area contributed by atoms with Crippen molar-refractivity contribution in [3.8, 4) is 0 Å². The van der Waals surface area contributed by atoms with Crippen molar-refractivity contribution < 1.29 is 9.32 Å². The highest BCUT2D eigenvalue weighted by Gasteiger charge is 2.07. The third kappa shape index (κ3) is 2.22. The van der Waals surface area contributed by atoms with Crippen molar-refractivity contribution >= 4 is 17.9 Å². The van der Waals surface area contributed by atoms with Crippen molar-refractivity contribution in [2.45, 2.75) is 6.42 Å². The predicted octanol–water partition coefficient (Wildman–Crippen LogP) is 2.13. The van der Waals surface area contributed by atoms with Crippen molar-refractivity contribution in [3.05, 3.63) is 46.6 Å². The smallest absolute Gasteiger partial charge is 0.235 e. The number of aldehydes is 1. The minimum Gasteiger partial charge on any atom is -0.339 e. The Morgan fingerprint density at radius 2 is 2.20 bits per heavy atom. The van der Waals surface area contributed by atoms with E-state index in [-0.39, 0.29) is 5.82 Å². The summed E-state index contributed by atoms with van der Waals surface area (Å²) in [5.41, 5.74) is 0.889. The third-order valence-corrected chi connectivity index (χ3v) is 2.26. The number of carbonyl (C=O) groups is 1. The van der Waals surface area contributed by atoms with Gasteiger partial charge in [-0.3, -0.25) is 4.79 Å². The van der Waals surface area contributed by atoms with E-state index in [1.165, 1.54) is 0 Å². The first-order chi connectivity index (χ1) is 7.29. The van der Waals surface area contributed by atoms with Gasteiger partial charge in [-0.2, -0.15) is 4.98 Å². The molecule has 76 valence electrons. The van der Waals surface area contributed by atoms with Crippen LogP contribution < -0.4 is 0 Å². The molecule has 1 aromatic heterocycles. The number of benzene rings is 1. The fourth-order valence-electron chi connectivity index (χ4n) is 1.19. The quantitative estimate of drug-likeness (QED) is 0.747. The molecular formula is C10H7ClN2O2. The second-order valence-electron chi connectivity index (χ2n) is 2.93. The largest absolute Gasteiger partial charge is 0.339 e. The molecule has 2 aromatic rings. The van der Waals surface area contributed by atoms with Gasteiger partial charge in [0.1, 0.15) is 0 Å². The lowest BCUT2D eigenvalue weighted by Gasteiger charge is -1.98. The molecular weight excluding hydrogens is 216 g/mol. The maximum atomic E-state index is 10.3. The van der Waals surface area contributed by atoms with Gasteiger partial charge in [0.2, 0.25) is 11.7 Å². The van der Waals surface area contributed by atoms with E-state index >= 15 is 0 Å². The van der Waals surface area contributed by atoms with Gasteiger partial charge in [-0.1, -0.05) is 35.0 Å². The summed E-state index contributed by atoms with van der Waals surface area (Å²) >= 11 is 5.96. The first-order valence-electron chi connectivity index (χ1n) is 4.31.